The third-order valence-electron chi connectivity index (χ3n) is 3.92. The topological polar surface area (TPSA) is 21.1 Å². The highest BCUT2D eigenvalue weighted by molar-refractivity contribution is 8.22. The second-order valence-electron chi connectivity index (χ2n) is 5.75. The van der Waals surface area contributed by atoms with Gasteiger partial charge in [-0.15, -0.1) is 0 Å². The maximum atomic E-state index is 5.51. The summed E-state index contributed by atoms with van der Waals surface area (Å²) in [7, 11) is 0. The van der Waals surface area contributed by atoms with Crippen molar-refractivity contribution in [3.8, 4) is 5.69 Å². The molecule has 3 rings (SSSR count). The maximum Gasteiger partial charge on any atom is 0.136 e. The summed E-state index contributed by atoms with van der Waals surface area (Å²) in [6, 6.07) is 10.7. The van der Waals surface area contributed by atoms with Crippen molar-refractivity contribution >= 4 is 28.3 Å². The van der Waals surface area contributed by atoms with E-state index in [1.54, 1.807) is 11.8 Å². The Morgan fingerprint density at radius 2 is 1.86 bits per heavy atom. The lowest BCUT2D eigenvalue weighted by atomic mass is 10.2. The lowest BCUT2D eigenvalue weighted by Gasteiger charge is -2.17. The van der Waals surface area contributed by atoms with Gasteiger partial charge in [-0.2, -0.15) is 5.10 Å². The van der Waals surface area contributed by atoms with Gasteiger partial charge in [-0.05, 0) is 50.5 Å². The summed E-state index contributed by atoms with van der Waals surface area (Å²) in [5, 5.41) is 4.52. The number of thiocarbonyl (C=S) groups is 1. The smallest absolute Gasteiger partial charge is 0.136 e. The van der Waals surface area contributed by atoms with Crippen LogP contribution in [0.2, 0.25) is 0 Å². The second kappa shape index (κ2) is 6.84. The summed E-state index contributed by atoms with van der Waals surface area (Å²) in [6.45, 7) is 6.36. The van der Waals surface area contributed by atoms with Crippen molar-refractivity contribution in [2.45, 2.75) is 32.4 Å². The van der Waals surface area contributed by atoms with Crippen molar-refractivity contribution in [2.24, 2.45) is 0 Å². The van der Waals surface area contributed by atoms with Gasteiger partial charge in [0.25, 0.3) is 0 Å². The lowest BCUT2D eigenvalue weighted by molar-refractivity contribution is 0.539. The van der Waals surface area contributed by atoms with Crippen LogP contribution in [0.25, 0.3) is 5.69 Å². The number of benzene rings is 1. The minimum atomic E-state index is 0.937. The number of thioether (sulfide) groups is 1. The Morgan fingerprint density at radius 1 is 1.18 bits per heavy atom. The van der Waals surface area contributed by atoms with E-state index in [1.165, 1.54) is 18.4 Å². The van der Waals surface area contributed by atoms with Crippen LogP contribution in [0.4, 0.5) is 0 Å². The first-order chi connectivity index (χ1) is 10.6. The fraction of sp³-hybridized carbons (Fsp3) is 0.412. The molecule has 1 aliphatic heterocycles. The molecular weight excluding hydrogens is 310 g/mol. The Morgan fingerprint density at radius 3 is 2.45 bits per heavy atom. The van der Waals surface area contributed by atoms with Crippen molar-refractivity contribution in [3.63, 3.8) is 0 Å². The normalized spacial score (nSPS) is 14.5. The molecule has 0 bridgehead atoms. The van der Waals surface area contributed by atoms with Crippen LogP contribution in [-0.4, -0.2) is 32.1 Å². The monoisotopic (exact) mass is 331 g/mol. The highest BCUT2D eigenvalue weighted by atomic mass is 32.2. The third kappa shape index (κ3) is 3.52. The zero-order valence-electron chi connectivity index (χ0n) is 13.1. The van der Waals surface area contributed by atoms with Crippen molar-refractivity contribution in [2.75, 3.05) is 13.1 Å². The van der Waals surface area contributed by atoms with Gasteiger partial charge in [0.1, 0.15) is 4.32 Å². The molecule has 3 nitrogen and oxygen atoms in total. The fourth-order valence-corrected chi connectivity index (χ4v) is 3.97. The van der Waals surface area contributed by atoms with E-state index in [9.17, 15) is 0 Å². The van der Waals surface area contributed by atoms with Crippen molar-refractivity contribution < 1.29 is 0 Å². The molecule has 0 aliphatic carbocycles. The van der Waals surface area contributed by atoms with Crippen LogP contribution in [0.15, 0.2) is 30.3 Å². The minimum Gasteiger partial charge on any atom is -0.358 e. The second-order valence-corrected chi connectivity index (χ2v) is 7.36. The third-order valence-corrected chi connectivity index (χ3v) is 5.51. The van der Waals surface area contributed by atoms with E-state index in [-0.39, 0.29) is 0 Å². The number of rotatable bonds is 3. The van der Waals surface area contributed by atoms with E-state index in [0.29, 0.717) is 0 Å². The molecule has 0 amide bonds. The van der Waals surface area contributed by atoms with Crippen LogP contribution >= 0.6 is 24.0 Å². The first kappa shape index (κ1) is 15.6. The van der Waals surface area contributed by atoms with Crippen LogP contribution in [0, 0.1) is 13.8 Å². The molecule has 0 atom stereocenters. The summed E-state index contributed by atoms with van der Waals surface area (Å²) in [6.07, 6.45) is 2.55. The Labute approximate surface area is 141 Å². The SMILES string of the molecule is Cc1cc(C)n(-c2ccc(CSC(=S)N3CCCC3)cc2)n1. The van der Waals surface area contributed by atoms with E-state index < -0.39 is 0 Å². The Bertz CT molecular complexity index is 655. The van der Waals surface area contributed by atoms with Gasteiger partial charge in [-0.3, -0.25) is 0 Å². The maximum absolute atomic E-state index is 5.51. The molecule has 1 aromatic heterocycles. The summed E-state index contributed by atoms with van der Waals surface area (Å²) in [4.78, 5) is 2.32. The van der Waals surface area contributed by atoms with Gasteiger partial charge in [0.2, 0.25) is 0 Å². The molecule has 0 saturated carbocycles. The molecule has 22 heavy (non-hydrogen) atoms. The molecule has 1 saturated heterocycles. The van der Waals surface area contributed by atoms with Crippen LogP contribution in [-0.2, 0) is 5.75 Å². The number of hydrogen-bond acceptors (Lipinski definition) is 3. The van der Waals surface area contributed by atoms with E-state index in [4.69, 9.17) is 12.2 Å². The number of nitrogens with zero attached hydrogens (tertiary/aromatic N) is 3. The number of aromatic nitrogens is 2. The van der Waals surface area contributed by atoms with E-state index in [2.05, 4.69) is 47.3 Å². The van der Waals surface area contributed by atoms with Gasteiger partial charge in [-0.25, -0.2) is 4.68 Å². The Kier molecular flexibility index (Phi) is 4.84. The molecule has 0 unspecified atom stereocenters. The van der Waals surface area contributed by atoms with Gasteiger partial charge >= 0.3 is 0 Å². The molecule has 1 fully saturated rings. The van der Waals surface area contributed by atoms with Gasteiger partial charge in [0, 0.05) is 24.5 Å². The Balaban J connectivity index is 1.62. The average molecular weight is 332 g/mol. The quantitative estimate of drug-likeness (QED) is 0.789. The zero-order chi connectivity index (χ0) is 15.5. The van der Waals surface area contributed by atoms with E-state index in [0.717, 1.165) is 40.2 Å². The molecule has 2 aromatic rings. The average Bonchev–Trinajstić information content (AvgIpc) is 3.15. The highest BCUT2D eigenvalue weighted by Gasteiger charge is 2.14. The van der Waals surface area contributed by atoms with Crippen molar-refractivity contribution in [3.05, 3.63) is 47.3 Å². The van der Waals surface area contributed by atoms with Crippen LogP contribution < -0.4 is 0 Å². The number of likely N-dealkylation sites (tertiary alicyclic amines) is 1. The molecule has 0 N–H and O–H groups in total. The first-order valence-corrected chi connectivity index (χ1v) is 9.07. The van der Waals surface area contributed by atoms with E-state index in [1.807, 2.05) is 11.6 Å². The lowest BCUT2D eigenvalue weighted by Crippen LogP contribution is -2.23. The number of aryl methyl sites for hydroxylation is 2. The van der Waals surface area contributed by atoms with Crippen molar-refractivity contribution in [1.82, 2.24) is 14.7 Å². The van der Waals surface area contributed by atoms with Crippen LogP contribution in [0.5, 0.6) is 0 Å². The summed E-state index contributed by atoms with van der Waals surface area (Å²) < 4.78 is 3.03. The molecular formula is C17H21N3S2. The van der Waals surface area contributed by atoms with Crippen molar-refractivity contribution in [1.29, 1.82) is 0 Å². The predicted molar refractivity (Wildman–Crippen MR) is 97.7 cm³/mol. The molecule has 0 radical (unpaired) electrons. The van der Waals surface area contributed by atoms with Crippen LogP contribution in [0.3, 0.4) is 0 Å². The molecule has 5 heteroatoms. The largest absolute Gasteiger partial charge is 0.358 e. The van der Waals surface area contributed by atoms with Gasteiger partial charge in [0.05, 0.1) is 11.4 Å². The van der Waals surface area contributed by atoms with Gasteiger partial charge in [-0.1, -0.05) is 36.1 Å². The molecule has 116 valence electrons. The number of hydrogen-bond donors (Lipinski definition) is 0. The molecule has 1 aliphatic rings. The minimum absolute atomic E-state index is 0.937. The Hall–Kier alpha value is -1.33. The highest BCUT2D eigenvalue weighted by Crippen LogP contribution is 2.21. The predicted octanol–water partition coefficient (Wildman–Crippen LogP) is 4.10. The fourth-order valence-electron chi connectivity index (χ4n) is 2.76. The van der Waals surface area contributed by atoms with Gasteiger partial charge < -0.3 is 4.90 Å². The molecule has 0 spiro atoms. The summed E-state index contributed by atoms with van der Waals surface area (Å²) in [5.41, 5.74) is 4.63. The summed E-state index contributed by atoms with van der Waals surface area (Å²) >= 11 is 7.28. The van der Waals surface area contributed by atoms with Crippen LogP contribution in [0.1, 0.15) is 29.8 Å². The molecule has 2 heterocycles. The zero-order valence-corrected chi connectivity index (χ0v) is 14.7. The first-order valence-electron chi connectivity index (χ1n) is 7.68. The standard InChI is InChI=1S/C17H21N3S2/c1-13-11-14(2)20(18-13)16-7-5-15(6-8-16)12-22-17(21)19-9-3-4-10-19/h5-8,11H,3-4,9-10,12H2,1-2H3. The van der Waals surface area contributed by atoms with E-state index >= 15 is 0 Å². The molecule has 1 aromatic carbocycles. The van der Waals surface area contributed by atoms with Gasteiger partial charge in [0.15, 0.2) is 0 Å². The summed E-state index contributed by atoms with van der Waals surface area (Å²) in [5.74, 6) is 0.937.